The van der Waals surface area contributed by atoms with Gasteiger partial charge in [0.1, 0.15) is 0 Å². The molecule has 0 heterocycles. The molecule has 0 saturated carbocycles. The van der Waals surface area contributed by atoms with Gasteiger partial charge in [0, 0.05) is 12.8 Å². The van der Waals surface area contributed by atoms with E-state index in [0.29, 0.717) is 0 Å². The first-order valence-electron chi connectivity index (χ1n) is 8.96. The monoisotopic (exact) mass is 276 g/mol. The molecule has 0 aliphatic rings. The molecule has 20 heavy (non-hydrogen) atoms. The van der Waals surface area contributed by atoms with Crippen LogP contribution in [0.15, 0.2) is 0 Å². The van der Waals surface area contributed by atoms with E-state index in [1.807, 2.05) is 0 Å². The van der Waals surface area contributed by atoms with Crippen LogP contribution in [0.1, 0.15) is 103 Å². The average Bonchev–Trinajstić information content (AvgIpc) is 2.47. The highest BCUT2D eigenvalue weighted by Gasteiger charge is 1.90. The molecule has 0 aromatic carbocycles. The second-order valence-corrected chi connectivity index (χ2v) is 5.80. The van der Waals surface area contributed by atoms with E-state index in [1.165, 1.54) is 77.0 Å². The van der Waals surface area contributed by atoms with E-state index in [1.54, 1.807) is 0 Å². The van der Waals surface area contributed by atoms with Crippen molar-refractivity contribution in [2.75, 3.05) is 0 Å². The summed E-state index contributed by atoms with van der Waals surface area (Å²) < 4.78 is 0. The first kappa shape index (κ1) is 19.6. The van der Waals surface area contributed by atoms with Crippen LogP contribution in [0, 0.1) is 25.7 Å². The summed E-state index contributed by atoms with van der Waals surface area (Å²) in [5.41, 5.74) is 0. The van der Waals surface area contributed by atoms with Crippen LogP contribution >= 0.6 is 0 Å². The van der Waals surface area contributed by atoms with Crippen LogP contribution in [0.5, 0.6) is 0 Å². The predicted octanol–water partition coefficient (Wildman–Crippen LogP) is 6.90. The van der Waals surface area contributed by atoms with Crippen molar-refractivity contribution < 1.29 is 0 Å². The first-order valence-corrected chi connectivity index (χ1v) is 8.96. The highest BCUT2D eigenvalue weighted by Crippen LogP contribution is 2.09. The molecule has 0 amide bonds. The Labute approximate surface area is 129 Å². The highest BCUT2D eigenvalue weighted by molar-refractivity contribution is 4.98. The highest BCUT2D eigenvalue weighted by atomic mass is 14.0. The molecule has 0 bridgehead atoms. The quantitative estimate of drug-likeness (QED) is 0.239. The van der Waals surface area contributed by atoms with Crippen molar-refractivity contribution in [3.63, 3.8) is 0 Å². The van der Waals surface area contributed by atoms with E-state index >= 15 is 0 Å². The zero-order valence-corrected chi connectivity index (χ0v) is 13.7. The minimum atomic E-state index is 1.10. The Hall–Kier alpha value is -0.440. The summed E-state index contributed by atoms with van der Waals surface area (Å²) in [6.07, 6.45) is 20.6. The first-order chi connectivity index (χ1) is 9.91. The minimum Gasteiger partial charge on any atom is -0.103 e. The molecule has 0 nitrogen and oxygen atoms in total. The summed E-state index contributed by atoms with van der Waals surface area (Å²) in [6, 6.07) is 0. The molecule has 0 atom stereocenters. The van der Waals surface area contributed by atoms with Gasteiger partial charge in [0.25, 0.3) is 0 Å². The Morgan fingerprint density at radius 2 is 0.700 bits per heavy atom. The van der Waals surface area contributed by atoms with Gasteiger partial charge < -0.3 is 0 Å². The van der Waals surface area contributed by atoms with Gasteiger partial charge in [-0.15, -0.1) is 11.8 Å². The molecule has 2 radical (unpaired) electrons. The van der Waals surface area contributed by atoms with E-state index in [-0.39, 0.29) is 0 Å². The predicted molar refractivity (Wildman–Crippen MR) is 92.4 cm³/mol. The van der Waals surface area contributed by atoms with Gasteiger partial charge in [0.05, 0.1) is 0 Å². The Bertz CT molecular complexity index is 196. The molecule has 0 aliphatic heterocycles. The lowest BCUT2D eigenvalue weighted by Gasteiger charge is -1.98. The summed E-state index contributed by atoms with van der Waals surface area (Å²) in [7, 11) is 0. The van der Waals surface area contributed by atoms with E-state index in [2.05, 4.69) is 25.7 Å². The van der Waals surface area contributed by atoms with E-state index in [9.17, 15) is 0 Å². The standard InChI is InChI=1S/C20H36/c1-3-5-7-9-11-13-15-17-19-20-18-16-14-12-10-8-6-4-2/h1-18H2. The third-order valence-electron chi connectivity index (χ3n) is 3.73. The van der Waals surface area contributed by atoms with Crippen LogP contribution in [-0.2, 0) is 0 Å². The third-order valence-corrected chi connectivity index (χ3v) is 3.73. The molecule has 0 rings (SSSR count). The molecule has 0 unspecified atom stereocenters. The molecule has 0 heteroatoms. The smallest absolute Gasteiger partial charge is 0.00886 e. The maximum Gasteiger partial charge on any atom is 0.00886 e. The van der Waals surface area contributed by atoms with E-state index in [4.69, 9.17) is 0 Å². The summed E-state index contributed by atoms with van der Waals surface area (Å²) in [5.74, 6) is 6.66. The van der Waals surface area contributed by atoms with Gasteiger partial charge in [-0.3, -0.25) is 0 Å². The summed E-state index contributed by atoms with van der Waals surface area (Å²) in [4.78, 5) is 0. The number of unbranched alkanes of at least 4 members (excludes halogenated alkanes) is 14. The Kier molecular flexibility index (Phi) is 18.2. The number of hydrogen-bond donors (Lipinski definition) is 0. The van der Waals surface area contributed by atoms with Gasteiger partial charge in [-0.05, 0) is 12.8 Å². The molecule has 0 aromatic rings. The largest absolute Gasteiger partial charge is 0.103 e. The van der Waals surface area contributed by atoms with Crippen LogP contribution < -0.4 is 0 Å². The van der Waals surface area contributed by atoms with Crippen molar-refractivity contribution in [3.8, 4) is 11.8 Å². The van der Waals surface area contributed by atoms with Gasteiger partial charge in [-0.2, -0.15) is 0 Å². The van der Waals surface area contributed by atoms with Crippen molar-refractivity contribution in [2.45, 2.75) is 103 Å². The molecule has 0 N–H and O–H groups in total. The van der Waals surface area contributed by atoms with Gasteiger partial charge in [-0.25, -0.2) is 0 Å². The zero-order valence-electron chi connectivity index (χ0n) is 13.7. The fourth-order valence-corrected chi connectivity index (χ4v) is 2.37. The fourth-order valence-electron chi connectivity index (χ4n) is 2.37. The van der Waals surface area contributed by atoms with Crippen LogP contribution in [0.3, 0.4) is 0 Å². The Morgan fingerprint density at radius 3 is 1.05 bits per heavy atom. The second-order valence-electron chi connectivity index (χ2n) is 5.80. The molecular formula is C20H36. The zero-order chi connectivity index (χ0) is 14.7. The minimum absolute atomic E-state index is 1.10. The van der Waals surface area contributed by atoms with E-state index in [0.717, 1.165) is 25.7 Å². The van der Waals surface area contributed by atoms with Gasteiger partial charge in [0.2, 0.25) is 0 Å². The SMILES string of the molecule is [CH2]CCCCCCCCC#CCCCCCCCC[CH2]. The molecule has 116 valence electrons. The van der Waals surface area contributed by atoms with Crippen molar-refractivity contribution in [1.29, 1.82) is 0 Å². The normalized spacial score (nSPS) is 10.3. The summed E-state index contributed by atoms with van der Waals surface area (Å²) in [5, 5.41) is 0. The topological polar surface area (TPSA) is 0 Å². The van der Waals surface area contributed by atoms with Crippen molar-refractivity contribution in [3.05, 3.63) is 13.8 Å². The lowest BCUT2D eigenvalue weighted by Crippen LogP contribution is -1.80. The third kappa shape index (κ3) is 17.6. The molecule has 0 aromatic heterocycles. The summed E-state index contributed by atoms with van der Waals surface area (Å²) >= 11 is 0. The molecular weight excluding hydrogens is 240 g/mol. The van der Waals surface area contributed by atoms with Gasteiger partial charge in [-0.1, -0.05) is 90.9 Å². The lowest BCUT2D eigenvalue weighted by atomic mass is 10.1. The lowest BCUT2D eigenvalue weighted by molar-refractivity contribution is 0.599. The van der Waals surface area contributed by atoms with Crippen LogP contribution in [-0.4, -0.2) is 0 Å². The average molecular weight is 277 g/mol. The van der Waals surface area contributed by atoms with Crippen LogP contribution in [0.2, 0.25) is 0 Å². The second kappa shape index (κ2) is 18.6. The number of rotatable bonds is 14. The maximum atomic E-state index is 3.87. The van der Waals surface area contributed by atoms with Crippen LogP contribution in [0.25, 0.3) is 0 Å². The van der Waals surface area contributed by atoms with E-state index < -0.39 is 0 Å². The van der Waals surface area contributed by atoms with Crippen molar-refractivity contribution in [1.82, 2.24) is 0 Å². The van der Waals surface area contributed by atoms with Crippen molar-refractivity contribution in [2.24, 2.45) is 0 Å². The van der Waals surface area contributed by atoms with Crippen molar-refractivity contribution >= 4 is 0 Å². The molecule has 0 spiro atoms. The summed E-state index contributed by atoms with van der Waals surface area (Å²) in [6.45, 7) is 7.74. The Morgan fingerprint density at radius 1 is 0.400 bits per heavy atom. The van der Waals surface area contributed by atoms with Crippen LogP contribution in [0.4, 0.5) is 0 Å². The molecule has 0 saturated heterocycles. The maximum absolute atomic E-state index is 3.87. The Balaban J connectivity index is 3.06. The van der Waals surface area contributed by atoms with Gasteiger partial charge >= 0.3 is 0 Å². The number of hydrogen-bond acceptors (Lipinski definition) is 0. The molecule has 0 fully saturated rings. The van der Waals surface area contributed by atoms with Gasteiger partial charge in [0.15, 0.2) is 0 Å². The molecule has 0 aliphatic carbocycles. The fraction of sp³-hybridized carbons (Fsp3) is 0.800.